The number of nitrogens with one attached hydrogen (secondary N) is 1. The largest absolute Gasteiger partial charge is 0.369 e. The molecule has 0 aliphatic carbocycles. The zero-order valence-corrected chi connectivity index (χ0v) is 18.2. The van der Waals surface area contributed by atoms with E-state index in [2.05, 4.69) is 87.5 Å². The van der Waals surface area contributed by atoms with Crippen LogP contribution in [0.15, 0.2) is 17.9 Å². The van der Waals surface area contributed by atoms with Crippen LogP contribution in [0.4, 0.5) is 5.95 Å². The van der Waals surface area contributed by atoms with Gasteiger partial charge in [0.15, 0.2) is 5.95 Å². The Kier molecular flexibility index (Phi) is 8.19. The van der Waals surface area contributed by atoms with E-state index in [1.54, 1.807) is 0 Å². The van der Waals surface area contributed by atoms with Gasteiger partial charge in [-0.25, -0.2) is 4.98 Å². The van der Waals surface area contributed by atoms with E-state index in [-0.39, 0.29) is 0 Å². The highest BCUT2D eigenvalue weighted by molar-refractivity contribution is 9.15. The first kappa shape index (κ1) is 19.4. The number of imidazole rings is 1. The summed E-state index contributed by atoms with van der Waals surface area (Å²) < 4.78 is 3.59. The van der Waals surface area contributed by atoms with E-state index in [9.17, 15) is 0 Å². The SMILES string of the molecule is CCC[C@@H](N)CC.Nc1nc2c(Br)c(Br)c(Br)c(Br)c2[nH]1. The van der Waals surface area contributed by atoms with E-state index in [1.807, 2.05) is 0 Å². The summed E-state index contributed by atoms with van der Waals surface area (Å²) in [7, 11) is 0. The minimum atomic E-state index is 0.395. The van der Waals surface area contributed by atoms with Crippen LogP contribution in [0.1, 0.15) is 33.1 Å². The highest BCUT2D eigenvalue weighted by Crippen LogP contribution is 2.42. The predicted molar refractivity (Wildman–Crippen MR) is 104 cm³/mol. The number of anilines is 1. The van der Waals surface area contributed by atoms with Gasteiger partial charge in [-0.1, -0.05) is 20.3 Å². The monoisotopic (exact) mass is 546 g/mol. The van der Waals surface area contributed by atoms with Crippen LogP contribution in [0.2, 0.25) is 0 Å². The van der Waals surface area contributed by atoms with Crippen molar-refractivity contribution in [1.82, 2.24) is 9.97 Å². The number of hydrogen-bond donors (Lipinski definition) is 3. The third-order valence-corrected chi connectivity index (χ3v) is 7.66. The number of aromatic amines is 1. The average molecular weight is 550 g/mol. The molecule has 8 heteroatoms. The first-order chi connectivity index (χ1) is 9.83. The number of H-pyrrole nitrogens is 1. The van der Waals surface area contributed by atoms with Crippen molar-refractivity contribution in [2.45, 2.75) is 39.2 Å². The van der Waals surface area contributed by atoms with Gasteiger partial charge in [0.25, 0.3) is 0 Å². The maximum absolute atomic E-state index is 5.59. The lowest BCUT2D eigenvalue weighted by molar-refractivity contribution is 0.587. The van der Waals surface area contributed by atoms with Gasteiger partial charge in [-0.05, 0) is 76.6 Å². The molecule has 0 saturated heterocycles. The lowest BCUT2D eigenvalue weighted by atomic mass is 10.1. The lowest BCUT2D eigenvalue weighted by Crippen LogP contribution is -2.17. The Balaban J connectivity index is 0.000000270. The summed E-state index contributed by atoms with van der Waals surface area (Å²) in [5, 5.41) is 0. The molecule has 0 bridgehead atoms. The molecule has 0 unspecified atom stereocenters. The zero-order chi connectivity index (χ0) is 16.2. The quantitative estimate of drug-likeness (QED) is 0.338. The molecule has 1 heterocycles. The summed E-state index contributed by atoms with van der Waals surface area (Å²) in [6.07, 6.45) is 3.51. The summed E-state index contributed by atoms with van der Waals surface area (Å²) >= 11 is 13.8. The molecular weight excluding hydrogens is 532 g/mol. The molecular formula is C13H18Br4N4. The summed E-state index contributed by atoms with van der Waals surface area (Å²) in [6, 6.07) is 0.449. The topological polar surface area (TPSA) is 80.7 Å². The second-order valence-electron chi connectivity index (χ2n) is 4.56. The van der Waals surface area contributed by atoms with Gasteiger partial charge in [0.2, 0.25) is 0 Å². The molecule has 2 aromatic rings. The van der Waals surface area contributed by atoms with Crippen LogP contribution in [0.3, 0.4) is 0 Å². The van der Waals surface area contributed by atoms with Crippen molar-refractivity contribution >= 4 is 80.7 Å². The van der Waals surface area contributed by atoms with Gasteiger partial charge in [0, 0.05) is 15.0 Å². The van der Waals surface area contributed by atoms with Crippen LogP contribution in [-0.4, -0.2) is 16.0 Å². The summed E-state index contributed by atoms with van der Waals surface area (Å²) in [5.74, 6) is 0.395. The molecule has 1 atom stereocenters. The third-order valence-electron chi connectivity index (χ3n) is 2.91. The molecule has 5 N–H and O–H groups in total. The number of rotatable bonds is 3. The summed E-state index contributed by atoms with van der Waals surface area (Å²) in [5.41, 5.74) is 12.8. The first-order valence-electron chi connectivity index (χ1n) is 6.56. The van der Waals surface area contributed by atoms with Gasteiger partial charge in [-0.3, -0.25) is 0 Å². The number of aromatic nitrogens is 2. The van der Waals surface area contributed by atoms with E-state index in [0.29, 0.717) is 12.0 Å². The van der Waals surface area contributed by atoms with Crippen molar-refractivity contribution in [1.29, 1.82) is 0 Å². The van der Waals surface area contributed by atoms with E-state index in [4.69, 9.17) is 11.5 Å². The molecule has 0 fully saturated rings. The number of fused-ring (bicyclic) bond motifs is 1. The molecule has 0 aliphatic rings. The van der Waals surface area contributed by atoms with Gasteiger partial charge >= 0.3 is 0 Å². The minimum Gasteiger partial charge on any atom is -0.369 e. The highest BCUT2D eigenvalue weighted by Gasteiger charge is 2.16. The molecule has 0 aliphatic heterocycles. The predicted octanol–water partition coefficient (Wildman–Crippen LogP) is 5.72. The highest BCUT2D eigenvalue weighted by atomic mass is 79.9. The smallest absolute Gasteiger partial charge is 0.198 e. The Bertz CT molecular complexity index is 567. The Labute approximate surface area is 158 Å². The standard InChI is InChI=1S/C7H3Br4N3.C6H15N/c8-1-2(9)4(11)6-5(3(1)10)13-7(12)14-6;1-3-5-6(7)4-2/h(H3,12,13,14);6H,3-5,7H2,1-2H3/t;6-/m.0/s1. The Morgan fingerprint density at radius 1 is 1.05 bits per heavy atom. The number of halogens is 4. The van der Waals surface area contributed by atoms with Crippen LogP contribution < -0.4 is 11.5 Å². The normalized spacial score (nSPS) is 12.1. The van der Waals surface area contributed by atoms with Crippen LogP contribution in [0, 0.1) is 0 Å². The fourth-order valence-electron chi connectivity index (χ4n) is 1.69. The van der Waals surface area contributed by atoms with E-state index in [1.165, 1.54) is 12.8 Å². The number of nitrogen functional groups attached to an aromatic ring is 1. The molecule has 0 saturated carbocycles. The molecule has 118 valence electrons. The van der Waals surface area contributed by atoms with Crippen LogP contribution in [0.5, 0.6) is 0 Å². The maximum Gasteiger partial charge on any atom is 0.198 e. The second-order valence-corrected chi connectivity index (χ2v) is 7.73. The van der Waals surface area contributed by atoms with Crippen molar-refractivity contribution < 1.29 is 0 Å². The first-order valence-corrected chi connectivity index (χ1v) is 9.73. The van der Waals surface area contributed by atoms with Gasteiger partial charge in [-0.15, -0.1) is 0 Å². The van der Waals surface area contributed by atoms with Crippen LogP contribution in [0.25, 0.3) is 11.0 Å². The number of hydrogen-bond acceptors (Lipinski definition) is 3. The molecule has 4 nitrogen and oxygen atoms in total. The van der Waals surface area contributed by atoms with Crippen molar-refractivity contribution in [3.05, 3.63) is 17.9 Å². The van der Waals surface area contributed by atoms with E-state index in [0.717, 1.165) is 35.3 Å². The van der Waals surface area contributed by atoms with Crippen molar-refractivity contribution in [3.63, 3.8) is 0 Å². The molecule has 2 rings (SSSR count). The number of nitrogens with two attached hydrogens (primary N) is 2. The summed E-state index contributed by atoms with van der Waals surface area (Å²) in [4.78, 5) is 7.14. The molecule has 0 amide bonds. The average Bonchev–Trinajstić information content (AvgIpc) is 2.86. The molecule has 21 heavy (non-hydrogen) atoms. The second kappa shape index (κ2) is 8.86. The van der Waals surface area contributed by atoms with Gasteiger partial charge in [-0.2, -0.15) is 0 Å². The molecule has 1 aromatic heterocycles. The Morgan fingerprint density at radius 3 is 2.10 bits per heavy atom. The van der Waals surface area contributed by atoms with Crippen molar-refractivity contribution in [2.24, 2.45) is 5.73 Å². The molecule has 0 radical (unpaired) electrons. The third kappa shape index (κ3) is 4.92. The Hall–Kier alpha value is 0.370. The summed E-state index contributed by atoms with van der Waals surface area (Å²) in [6.45, 7) is 4.29. The Morgan fingerprint density at radius 2 is 1.62 bits per heavy atom. The van der Waals surface area contributed by atoms with Crippen LogP contribution in [-0.2, 0) is 0 Å². The van der Waals surface area contributed by atoms with Crippen molar-refractivity contribution in [2.75, 3.05) is 5.73 Å². The maximum atomic E-state index is 5.59. The van der Waals surface area contributed by atoms with E-state index < -0.39 is 0 Å². The molecule has 1 aromatic carbocycles. The van der Waals surface area contributed by atoms with Gasteiger partial charge in [0.1, 0.15) is 5.52 Å². The number of benzene rings is 1. The van der Waals surface area contributed by atoms with Crippen molar-refractivity contribution in [3.8, 4) is 0 Å². The fraction of sp³-hybridized carbons (Fsp3) is 0.462. The fourth-order valence-corrected chi connectivity index (χ4v) is 3.98. The zero-order valence-electron chi connectivity index (χ0n) is 11.8. The molecule has 0 spiro atoms. The van der Waals surface area contributed by atoms with Crippen LogP contribution >= 0.6 is 63.7 Å². The number of nitrogens with zero attached hydrogens (tertiary/aromatic N) is 1. The lowest BCUT2D eigenvalue weighted by Gasteiger charge is -2.03. The van der Waals surface area contributed by atoms with Gasteiger partial charge < -0.3 is 16.5 Å². The van der Waals surface area contributed by atoms with E-state index >= 15 is 0 Å². The van der Waals surface area contributed by atoms with Gasteiger partial charge in [0.05, 0.1) is 14.5 Å². The minimum absolute atomic E-state index is 0.395.